The predicted octanol–water partition coefficient (Wildman–Crippen LogP) is 1.33. The fraction of sp³-hybridized carbons (Fsp3) is 0.500. The molecule has 0 aliphatic carbocycles. The van der Waals surface area contributed by atoms with Gasteiger partial charge in [0.05, 0.1) is 0 Å². The number of carbonyl (C=O) groups excluding carboxylic acids is 1. The minimum atomic E-state index is -6.08. The van der Waals surface area contributed by atoms with Crippen molar-refractivity contribution < 1.29 is 36.6 Å². The summed E-state index contributed by atoms with van der Waals surface area (Å²) >= 11 is 0. The third-order valence-corrected chi connectivity index (χ3v) is 1.65. The lowest BCUT2D eigenvalue weighted by Gasteiger charge is -2.21. The van der Waals surface area contributed by atoms with E-state index in [1.165, 1.54) is 0 Å². The number of alkyl halides is 5. The van der Waals surface area contributed by atoms with Gasteiger partial charge in [-0.25, -0.2) is 4.79 Å². The van der Waals surface area contributed by atoms with Crippen molar-refractivity contribution >= 4 is 11.9 Å². The summed E-state index contributed by atoms with van der Waals surface area (Å²) in [6, 6.07) is -1.88. The molecule has 0 bridgehead atoms. The van der Waals surface area contributed by atoms with Crippen LogP contribution in [0.4, 0.5) is 22.0 Å². The molecule has 0 heterocycles. The van der Waals surface area contributed by atoms with Gasteiger partial charge in [-0.15, -0.1) is 6.58 Å². The normalized spacial score (nSPS) is 13.9. The summed E-state index contributed by atoms with van der Waals surface area (Å²) in [4.78, 5) is 21.0. The molecule has 0 saturated heterocycles. The smallest absolute Gasteiger partial charge is 0.463 e. The van der Waals surface area contributed by atoms with Gasteiger partial charge in [-0.1, -0.05) is 6.08 Å². The molecule has 0 aliphatic heterocycles. The maximum Gasteiger partial charge on any atom is 0.463 e. The molecule has 0 aromatic carbocycles. The molecule has 0 aromatic heterocycles. The van der Waals surface area contributed by atoms with Crippen molar-refractivity contribution in [3.05, 3.63) is 12.7 Å². The number of rotatable bonds is 5. The van der Waals surface area contributed by atoms with E-state index in [0.29, 0.717) is 0 Å². The molecule has 1 unspecified atom stereocenters. The van der Waals surface area contributed by atoms with Crippen LogP contribution < -0.4 is 5.32 Å². The first kappa shape index (κ1) is 15.3. The van der Waals surface area contributed by atoms with E-state index in [4.69, 9.17) is 5.11 Å². The Bertz CT molecular complexity index is 326. The SMILES string of the molecule is C=CCC(NC(=O)C(F)(F)C(F)(F)F)C(=O)O. The highest BCUT2D eigenvalue weighted by Gasteiger charge is 2.63. The van der Waals surface area contributed by atoms with Gasteiger partial charge in [0, 0.05) is 0 Å². The number of nitrogens with one attached hydrogen (secondary N) is 1. The van der Waals surface area contributed by atoms with Gasteiger partial charge in [0.15, 0.2) is 0 Å². The molecule has 1 atom stereocenters. The van der Waals surface area contributed by atoms with Crippen LogP contribution in [0, 0.1) is 0 Å². The number of carbonyl (C=O) groups is 2. The number of halogens is 5. The Morgan fingerprint density at radius 3 is 2.06 bits per heavy atom. The van der Waals surface area contributed by atoms with E-state index in [9.17, 15) is 31.5 Å². The van der Waals surface area contributed by atoms with Gasteiger partial charge in [-0.2, -0.15) is 22.0 Å². The number of carboxylic acid groups (broad SMARTS) is 1. The van der Waals surface area contributed by atoms with Crippen molar-refractivity contribution in [2.75, 3.05) is 0 Å². The van der Waals surface area contributed by atoms with E-state index >= 15 is 0 Å². The van der Waals surface area contributed by atoms with Gasteiger partial charge in [0.1, 0.15) is 6.04 Å². The molecule has 17 heavy (non-hydrogen) atoms. The first-order valence-corrected chi connectivity index (χ1v) is 4.13. The van der Waals surface area contributed by atoms with Crippen LogP contribution in [-0.4, -0.2) is 35.1 Å². The lowest BCUT2D eigenvalue weighted by molar-refractivity contribution is -0.270. The van der Waals surface area contributed by atoms with E-state index in [-0.39, 0.29) is 0 Å². The summed E-state index contributed by atoms with van der Waals surface area (Å²) < 4.78 is 60.1. The highest BCUT2D eigenvalue weighted by Crippen LogP contribution is 2.35. The number of hydrogen-bond donors (Lipinski definition) is 2. The second-order valence-electron chi connectivity index (χ2n) is 2.96. The quantitative estimate of drug-likeness (QED) is 0.579. The van der Waals surface area contributed by atoms with Crippen LogP contribution in [0.15, 0.2) is 12.7 Å². The predicted molar refractivity (Wildman–Crippen MR) is 45.4 cm³/mol. The van der Waals surface area contributed by atoms with Crippen molar-refractivity contribution in [3.63, 3.8) is 0 Å². The fourth-order valence-corrected chi connectivity index (χ4v) is 0.766. The third-order valence-electron chi connectivity index (χ3n) is 1.65. The van der Waals surface area contributed by atoms with Crippen LogP contribution in [0.2, 0.25) is 0 Å². The Morgan fingerprint density at radius 1 is 1.29 bits per heavy atom. The highest BCUT2D eigenvalue weighted by atomic mass is 19.4. The Labute approximate surface area is 92.1 Å². The Morgan fingerprint density at radius 2 is 1.76 bits per heavy atom. The van der Waals surface area contributed by atoms with Crippen LogP contribution in [-0.2, 0) is 9.59 Å². The fourth-order valence-electron chi connectivity index (χ4n) is 0.766. The topological polar surface area (TPSA) is 66.4 Å². The lowest BCUT2D eigenvalue weighted by atomic mass is 10.2. The molecule has 0 radical (unpaired) electrons. The Kier molecular flexibility index (Phi) is 4.60. The summed E-state index contributed by atoms with van der Waals surface area (Å²) in [7, 11) is 0. The van der Waals surface area contributed by atoms with Crippen molar-refractivity contribution in [1.29, 1.82) is 0 Å². The van der Waals surface area contributed by atoms with Crippen molar-refractivity contribution in [2.45, 2.75) is 24.6 Å². The van der Waals surface area contributed by atoms with Gasteiger partial charge in [-0.05, 0) is 6.42 Å². The molecular formula is C8H8F5NO3. The molecule has 0 aromatic rings. The molecule has 0 aliphatic rings. The van der Waals surface area contributed by atoms with Crippen molar-refractivity contribution in [3.8, 4) is 0 Å². The molecule has 98 valence electrons. The monoisotopic (exact) mass is 261 g/mol. The van der Waals surface area contributed by atoms with E-state index in [1.54, 1.807) is 0 Å². The molecule has 0 saturated carbocycles. The van der Waals surface area contributed by atoms with Crippen LogP contribution in [0.3, 0.4) is 0 Å². The highest BCUT2D eigenvalue weighted by molar-refractivity contribution is 5.88. The van der Waals surface area contributed by atoms with Crippen molar-refractivity contribution in [1.82, 2.24) is 5.32 Å². The Balaban J connectivity index is 4.84. The lowest BCUT2D eigenvalue weighted by Crippen LogP contribution is -2.54. The molecule has 0 rings (SSSR count). The standard InChI is InChI=1S/C8H8F5NO3/c1-2-3-4(5(15)16)14-6(17)7(9,10)8(11,12)13/h2,4H,1,3H2,(H,14,17)(H,15,16). The minimum Gasteiger partial charge on any atom is -0.480 e. The zero-order chi connectivity index (χ0) is 13.9. The van der Waals surface area contributed by atoms with Crippen LogP contribution in [0.25, 0.3) is 0 Å². The van der Waals surface area contributed by atoms with Gasteiger partial charge in [0.25, 0.3) is 0 Å². The molecule has 1 amide bonds. The number of hydrogen-bond acceptors (Lipinski definition) is 2. The van der Waals surface area contributed by atoms with E-state index in [2.05, 4.69) is 6.58 Å². The average Bonchev–Trinajstić information content (AvgIpc) is 2.14. The molecule has 2 N–H and O–H groups in total. The first-order valence-electron chi connectivity index (χ1n) is 4.13. The summed E-state index contributed by atoms with van der Waals surface area (Å²) in [5, 5.41) is 9.52. The molecule has 0 spiro atoms. The summed E-state index contributed by atoms with van der Waals surface area (Å²) in [5.74, 6) is -10.1. The minimum absolute atomic E-state index is 0.477. The molecular weight excluding hydrogens is 253 g/mol. The summed E-state index contributed by atoms with van der Waals surface area (Å²) in [6.07, 6.45) is -5.59. The average molecular weight is 261 g/mol. The van der Waals surface area contributed by atoms with E-state index in [0.717, 1.165) is 11.4 Å². The van der Waals surface area contributed by atoms with Crippen LogP contribution in [0.1, 0.15) is 6.42 Å². The van der Waals surface area contributed by atoms with E-state index < -0.39 is 36.4 Å². The molecule has 9 heteroatoms. The van der Waals surface area contributed by atoms with Gasteiger partial charge in [-0.3, -0.25) is 4.79 Å². The summed E-state index contributed by atoms with van der Waals surface area (Å²) in [6.45, 7) is 3.08. The zero-order valence-electron chi connectivity index (χ0n) is 8.22. The first-order chi connectivity index (χ1) is 7.54. The summed E-state index contributed by atoms with van der Waals surface area (Å²) in [5.41, 5.74) is 0. The van der Waals surface area contributed by atoms with Gasteiger partial charge >= 0.3 is 24.0 Å². The number of amides is 1. The van der Waals surface area contributed by atoms with Gasteiger partial charge < -0.3 is 10.4 Å². The third kappa shape index (κ3) is 3.68. The van der Waals surface area contributed by atoms with Crippen LogP contribution >= 0.6 is 0 Å². The Hall–Kier alpha value is -1.67. The van der Waals surface area contributed by atoms with Crippen molar-refractivity contribution in [2.24, 2.45) is 0 Å². The maximum absolute atomic E-state index is 12.4. The number of aliphatic carboxylic acids is 1. The second kappa shape index (κ2) is 5.11. The van der Waals surface area contributed by atoms with Gasteiger partial charge in [0.2, 0.25) is 0 Å². The zero-order valence-corrected chi connectivity index (χ0v) is 8.22. The largest absolute Gasteiger partial charge is 0.480 e. The number of carboxylic acids is 1. The second-order valence-corrected chi connectivity index (χ2v) is 2.96. The molecule has 4 nitrogen and oxygen atoms in total. The van der Waals surface area contributed by atoms with Crippen LogP contribution in [0.5, 0.6) is 0 Å². The molecule has 0 fully saturated rings. The maximum atomic E-state index is 12.4. The van der Waals surface area contributed by atoms with E-state index in [1.807, 2.05) is 0 Å².